The number of fused-ring (bicyclic) bond motifs is 3. The van der Waals surface area contributed by atoms with Gasteiger partial charge in [-0.1, -0.05) is 23.9 Å². The number of thioether (sulfide) groups is 1. The van der Waals surface area contributed by atoms with Gasteiger partial charge >= 0.3 is 11.4 Å². The SMILES string of the molecule is CN(C)[C@@H]1C(=O)C(C(N)=O)C(=O)[C@@]2(O)C(=O)C3C(=O)c4c(O)cccc4[C@H](CSC(F)(F)C(F)(F)F)[C@H]3[C@H](O)[C@@H]12. The van der Waals surface area contributed by atoms with Crippen LogP contribution in [0, 0.1) is 23.7 Å². The molecule has 40 heavy (non-hydrogen) atoms. The molecule has 1 aromatic carbocycles. The first-order valence-electron chi connectivity index (χ1n) is 11.7. The maximum atomic E-state index is 13.9. The van der Waals surface area contributed by atoms with Crippen LogP contribution < -0.4 is 5.73 Å². The Hall–Kier alpha value is -2.95. The van der Waals surface area contributed by atoms with Crippen LogP contribution in [0.25, 0.3) is 0 Å². The highest BCUT2D eigenvalue weighted by Crippen LogP contribution is 2.56. The second-order valence-corrected chi connectivity index (χ2v) is 11.4. The van der Waals surface area contributed by atoms with Crippen LogP contribution in [0.5, 0.6) is 5.75 Å². The van der Waals surface area contributed by atoms with Crippen LogP contribution in [0.4, 0.5) is 22.0 Å². The Morgan fingerprint density at radius 2 is 1.70 bits per heavy atom. The fraction of sp³-hybridized carbons (Fsp3) is 0.542. The minimum atomic E-state index is -5.98. The monoisotopic (exact) mass is 594 g/mol. The van der Waals surface area contributed by atoms with Crippen molar-refractivity contribution >= 4 is 40.8 Å². The largest absolute Gasteiger partial charge is 0.507 e. The number of aliphatic hydroxyl groups is 2. The molecular weight excluding hydrogens is 571 g/mol. The molecule has 3 aliphatic rings. The van der Waals surface area contributed by atoms with E-state index in [4.69, 9.17) is 5.73 Å². The Labute approximate surface area is 226 Å². The lowest BCUT2D eigenvalue weighted by Crippen LogP contribution is -2.77. The first kappa shape index (κ1) is 30.0. The Bertz CT molecular complexity index is 1320. The number of aliphatic hydroxyl groups excluding tert-OH is 1. The summed E-state index contributed by atoms with van der Waals surface area (Å²) in [6, 6.07) is 1.57. The molecule has 0 radical (unpaired) electrons. The van der Waals surface area contributed by atoms with E-state index in [2.05, 4.69) is 0 Å². The number of likely N-dealkylation sites (N-methyl/N-ethyl adjacent to an activating group) is 1. The Balaban J connectivity index is 1.94. The van der Waals surface area contributed by atoms with Crippen molar-refractivity contribution in [3.05, 3.63) is 29.3 Å². The number of carbonyl (C=O) groups excluding carboxylic acids is 5. The summed E-state index contributed by atoms with van der Waals surface area (Å²) in [7, 11) is 2.49. The third-order valence-corrected chi connectivity index (χ3v) is 9.04. The van der Waals surface area contributed by atoms with Crippen molar-refractivity contribution < 1.29 is 61.2 Å². The standard InChI is InChI=1S/C24H23F5N2O8S/c1-31(2)15-14-17(34)11-8(6-40-24(28,29)23(25,26)27)7-4-3-5-9(32)10(7)16(33)12(11)19(36)22(14,39)20(37)13(18(15)35)21(30)38/h3-5,8,11-15,17,32,34,39H,6H2,1-2H3,(H2,30,38)/t8-,11+,12?,13?,14+,15-,17-,22-/m0/s1. The van der Waals surface area contributed by atoms with E-state index in [9.17, 15) is 61.2 Å². The highest BCUT2D eigenvalue weighted by molar-refractivity contribution is 8.00. The lowest BCUT2D eigenvalue weighted by atomic mass is 9.49. The van der Waals surface area contributed by atoms with Gasteiger partial charge in [-0.3, -0.25) is 28.9 Å². The number of Topliss-reactive ketones (excluding diaryl/α,β-unsaturated/α-hetero) is 4. The third-order valence-electron chi connectivity index (χ3n) is 7.92. The molecule has 2 unspecified atom stereocenters. The highest BCUT2D eigenvalue weighted by atomic mass is 32.2. The zero-order chi connectivity index (χ0) is 30.3. The van der Waals surface area contributed by atoms with Gasteiger partial charge in [-0.05, 0) is 25.7 Å². The predicted molar refractivity (Wildman–Crippen MR) is 125 cm³/mol. The van der Waals surface area contributed by atoms with Gasteiger partial charge < -0.3 is 21.1 Å². The molecule has 0 bridgehead atoms. The Morgan fingerprint density at radius 3 is 2.23 bits per heavy atom. The van der Waals surface area contributed by atoms with Gasteiger partial charge in [0.1, 0.15) is 5.75 Å². The van der Waals surface area contributed by atoms with Gasteiger partial charge in [-0.25, -0.2) is 0 Å². The first-order chi connectivity index (χ1) is 18.3. The van der Waals surface area contributed by atoms with Crippen molar-refractivity contribution in [3.8, 4) is 5.75 Å². The van der Waals surface area contributed by atoms with Crippen molar-refractivity contribution in [1.82, 2.24) is 4.90 Å². The summed E-state index contributed by atoms with van der Waals surface area (Å²) in [5, 5.41) is 28.2. The van der Waals surface area contributed by atoms with Crippen molar-refractivity contribution in [1.29, 1.82) is 0 Å². The van der Waals surface area contributed by atoms with Crippen LogP contribution in [0.1, 0.15) is 21.8 Å². The number of amides is 1. The third kappa shape index (κ3) is 4.06. The maximum absolute atomic E-state index is 13.9. The van der Waals surface area contributed by atoms with Gasteiger partial charge in [0.15, 0.2) is 34.7 Å². The number of alkyl halides is 5. The smallest absolute Gasteiger partial charge is 0.464 e. The predicted octanol–water partition coefficient (Wildman–Crippen LogP) is 0.267. The summed E-state index contributed by atoms with van der Waals surface area (Å²) < 4.78 is 66.8. The van der Waals surface area contributed by atoms with Crippen molar-refractivity contribution in [2.75, 3.05) is 19.8 Å². The van der Waals surface area contributed by atoms with E-state index in [-0.39, 0.29) is 5.56 Å². The minimum absolute atomic E-state index is 0.251. The van der Waals surface area contributed by atoms with Crippen LogP contribution in [0.15, 0.2) is 18.2 Å². The highest BCUT2D eigenvalue weighted by Gasteiger charge is 2.73. The number of rotatable bonds is 5. The van der Waals surface area contributed by atoms with E-state index in [0.29, 0.717) is 0 Å². The molecule has 5 N–H and O–H groups in total. The minimum Gasteiger partial charge on any atom is -0.507 e. The van der Waals surface area contributed by atoms with E-state index in [1.165, 1.54) is 20.2 Å². The van der Waals surface area contributed by atoms with Crippen molar-refractivity contribution in [2.24, 2.45) is 29.4 Å². The van der Waals surface area contributed by atoms with Gasteiger partial charge in [0, 0.05) is 17.6 Å². The number of phenols is 1. The maximum Gasteiger partial charge on any atom is 0.464 e. The number of nitrogens with zero attached hydrogens (tertiary/aromatic N) is 1. The average Bonchev–Trinajstić information content (AvgIpc) is 2.82. The quantitative estimate of drug-likeness (QED) is 0.274. The summed E-state index contributed by atoms with van der Waals surface area (Å²) >= 11 is -0.879. The summed E-state index contributed by atoms with van der Waals surface area (Å²) in [5.74, 6) is -19.1. The van der Waals surface area contributed by atoms with Gasteiger partial charge in [-0.15, -0.1) is 0 Å². The fourth-order valence-corrected chi connectivity index (χ4v) is 7.20. The molecule has 2 fully saturated rings. The lowest BCUT2D eigenvalue weighted by Gasteiger charge is -2.56. The Morgan fingerprint density at radius 1 is 1.10 bits per heavy atom. The van der Waals surface area contributed by atoms with Crippen LogP contribution >= 0.6 is 11.8 Å². The van der Waals surface area contributed by atoms with E-state index < -0.39 is 117 Å². The molecule has 16 heteroatoms. The number of aromatic hydroxyl groups is 1. The molecule has 0 aromatic heterocycles. The summed E-state index contributed by atoms with van der Waals surface area (Å²) in [4.78, 5) is 66.9. The van der Waals surface area contributed by atoms with E-state index in [1.54, 1.807) is 0 Å². The summed E-state index contributed by atoms with van der Waals surface area (Å²) in [6.07, 6.45) is -8.17. The second-order valence-electron chi connectivity index (χ2n) is 10.3. The lowest BCUT2D eigenvalue weighted by molar-refractivity contribution is -0.237. The van der Waals surface area contributed by atoms with Crippen LogP contribution in [0.3, 0.4) is 0 Å². The van der Waals surface area contributed by atoms with Gasteiger partial charge in [0.2, 0.25) is 5.91 Å². The van der Waals surface area contributed by atoms with Crippen molar-refractivity contribution in [3.63, 3.8) is 0 Å². The summed E-state index contributed by atoms with van der Waals surface area (Å²) in [6.45, 7) is 0. The normalized spacial score (nSPS) is 34.4. The first-order valence-corrected chi connectivity index (χ1v) is 12.7. The Kier molecular flexibility index (Phi) is 7.18. The molecular formula is C24H23F5N2O8S. The molecule has 10 nitrogen and oxygen atoms in total. The zero-order valence-corrected chi connectivity index (χ0v) is 21.5. The number of ketones is 4. The number of phenolic OH excluding ortho intramolecular Hbond substituents is 1. The van der Waals surface area contributed by atoms with Crippen LogP contribution in [-0.4, -0.2) is 98.3 Å². The molecule has 1 aromatic rings. The van der Waals surface area contributed by atoms with Gasteiger partial charge in [0.25, 0.3) is 0 Å². The molecule has 218 valence electrons. The average molecular weight is 595 g/mol. The molecule has 8 atom stereocenters. The van der Waals surface area contributed by atoms with E-state index in [0.717, 1.165) is 17.0 Å². The fourth-order valence-electron chi connectivity index (χ4n) is 6.24. The number of halogens is 5. The van der Waals surface area contributed by atoms with Crippen LogP contribution in [0.2, 0.25) is 0 Å². The molecule has 1 amide bonds. The van der Waals surface area contributed by atoms with Crippen molar-refractivity contribution in [2.45, 2.75) is 35.1 Å². The molecule has 0 saturated heterocycles. The zero-order valence-electron chi connectivity index (χ0n) is 20.7. The van der Waals surface area contributed by atoms with E-state index >= 15 is 0 Å². The second kappa shape index (κ2) is 9.56. The molecule has 0 heterocycles. The molecule has 3 aliphatic carbocycles. The number of hydrogen-bond acceptors (Lipinski definition) is 10. The molecule has 0 spiro atoms. The topological polar surface area (TPSA) is 175 Å². The number of nitrogens with two attached hydrogens (primary N) is 1. The summed E-state index contributed by atoms with van der Waals surface area (Å²) in [5.41, 5.74) is 0.988. The number of primary amides is 1. The number of benzene rings is 1. The number of hydrogen-bond donors (Lipinski definition) is 4. The van der Waals surface area contributed by atoms with Crippen LogP contribution in [-0.2, 0) is 19.2 Å². The van der Waals surface area contributed by atoms with E-state index in [1.807, 2.05) is 0 Å². The number of carbonyl (C=O) groups is 5. The van der Waals surface area contributed by atoms with Gasteiger partial charge in [-0.2, -0.15) is 22.0 Å². The molecule has 4 rings (SSSR count). The van der Waals surface area contributed by atoms with Gasteiger partial charge in [0.05, 0.1) is 29.5 Å². The molecule has 0 aliphatic heterocycles. The molecule has 2 saturated carbocycles.